The lowest BCUT2D eigenvalue weighted by molar-refractivity contribution is 0.272. The summed E-state index contributed by atoms with van der Waals surface area (Å²) in [6.45, 7) is 2.97. The first-order chi connectivity index (χ1) is 7.79. The van der Waals surface area contributed by atoms with Gasteiger partial charge in [0.05, 0.1) is 0 Å². The molecule has 0 saturated heterocycles. The van der Waals surface area contributed by atoms with E-state index in [4.69, 9.17) is 11.6 Å². The van der Waals surface area contributed by atoms with Crippen molar-refractivity contribution in [3.8, 4) is 0 Å². The third-order valence-corrected chi connectivity index (χ3v) is 4.50. The Morgan fingerprint density at radius 1 is 1.31 bits per heavy atom. The maximum atomic E-state index is 6.01. The molecule has 1 aromatic rings. The number of rotatable bonds is 4. The van der Waals surface area contributed by atoms with Gasteiger partial charge in [0.1, 0.15) is 5.01 Å². The van der Waals surface area contributed by atoms with Crippen molar-refractivity contribution in [1.82, 2.24) is 10.2 Å². The van der Waals surface area contributed by atoms with E-state index in [9.17, 15) is 0 Å². The molecular weight excluding hydrogens is 242 g/mol. The fraction of sp³-hybridized carbons (Fsp3) is 0.818. The van der Waals surface area contributed by atoms with Crippen molar-refractivity contribution in [2.45, 2.75) is 32.6 Å². The molecule has 5 heteroatoms. The zero-order valence-electron chi connectivity index (χ0n) is 9.58. The third-order valence-electron chi connectivity index (χ3n) is 3.31. The van der Waals surface area contributed by atoms with E-state index in [1.807, 2.05) is 6.92 Å². The van der Waals surface area contributed by atoms with Gasteiger partial charge < -0.3 is 5.32 Å². The number of nitrogens with zero attached hydrogens (tertiary/aromatic N) is 2. The molecule has 1 aliphatic carbocycles. The zero-order chi connectivity index (χ0) is 11.4. The van der Waals surface area contributed by atoms with Crippen molar-refractivity contribution in [2.24, 2.45) is 11.8 Å². The Kier molecular flexibility index (Phi) is 4.41. The molecule has 2 rings (SSSR count). The Bertz CT molecular complexity index is 329. The Morgan fingerprint density at radius 2 is 2.06 bits per heavy atom. The van der Waals surface area contributed by atoms with E-state index in [2.05, 4.69) is 15.5 Å². The zero-order valence-corrected chi connectivity index (χ0v) is 11.2. The summed E-state index contributed by atoms with van der Waals surface area (Å²) in [5.74, 6) is 2.17. The molecule has 16 heavy (non-hydrogen) atoms. The van der Waals surface area contributed by atoms with Crippen molar-refractivity contribution in [3.63, 3.8) is 0 Å². The molecule has 0 radical (unpaired) electrons. The lowest BCUT2D eigenvalue weighted by Gasteiger charge is -2.30. The molecule has 1 N–H and O–H groups in total. The van der Waals surface area contributed by atoms with Crippen LogP contribution in [0.5, 0.6) is 0 Å². The highest BCUT2D eigenvalue weighted by Gasteiger charge is 2.24. The largest absolute Gasteiger partial charge is 0.360 e. The average molecular weight is 260 g/mol. The van der Waals surface area contributed by atoms with Gasteiger partial charge in [0, 0.05) is 12.4 Å². The van der Waals surface area contributed by atoms with Crippen molar-refractivity contribution < 1.29 is 0 Å². The molecule has 2 atom stereocenters. The number of hydrogen-bond acceptors (Lipinski definition) is 4. The number of halogens is 1. The first-order valence-corrected chi connectivity index (χ1v) is 7.24. The maximum absolute atomic E-state index is 6.01. The highest BCUT2D eigenvalue weighted by molar-refractivity contribution is 7.15. The van der Waals surface area contributed by atoms with Crippen molar-refractivity contribution in [1.29, 1.82) is 0 Å². The fourth-order valence-corrected chi connectivity index (χ4v) is 3.35. The molecule has 0 aliphatic heterocycles. The summed E-state index contributed by atoms with van der Waals surface area (Å²) < 4.78 is 0. The highest BCUT2D eigenvalue weighted by Crippen LogP contribution is 2.31. The molecule has 2 unspecified atom stereocenters. The van der Waals surface area contributed by atoms with Gasteiger partial charge >= 0.3 is 0 Å². The molecule has 90 valence electrons. The maximum Gasteiger partial charge on any atom is 0.205 e. The minimum absolute atomic E-state index is 0.678. The number of nitrogens with one attached hydrogen (secondary N) is 1. The van der Waals surface area contributed by atoms with Crippen LogP contribution in [0.1, 0.15) is 30.7 Å². The predicted octanol–water partition coefficient (Wildman–Crippen LogP) is 3.30. The molecule has 1 aliphatic rings. The van der Waals surface area contributed by atoms with Crippen LogP contribution < -0.4 is 5.32 Å². The Balaban J connectivity index is 1.84. The van der Waals surface area contributed by atoms with Crippen molar-refractivity contribution in [2.75, 3.05) is 17.7 Å². The summed E-state index contributed by atoms with van der Waals surface area (Å²) in [7, 11) is 0. The SMILES string of the molecule is Cc1nnc(NCC2CCCCC2CCl)s1. The van der Waals surface area contributed by atoms with Gasteiger partial charge in [-0.1, -0.05) is 24.2 Å². The van der Waals surface area contributed by atoms with Gasteiger partial charge in [-0.05, 0) is 31.6 Å². The van der Waals surface area contributed by atoms with E-state index >= 15 is 0 Å². The molecule has 0 spiro atoms. The van der Waals surface area contributed by atoms with Gasteiger partial charge in [-0.15, -0.1) is 21.8 Å². The average Bonchev–Trinajstić information content (AvgIpc) is 2.73. The van der Waals surface area contributed by atoms with Gasteiger partial charge in [-0.25, -0.2) is 0 Å². The van der Waals surface area contributed by atoms with Gasteiger partial charge in [0.2, 0.25) is 5.13 Å². The summed E-state index contributed by atoms with van der Waals surface area (Å²) in [4.78, 5) is 0. The van der Waals surface area contributed by atoms with E-state index < -0.39 is 0 Å². The molecule has 0 amide bonds. The summed E-state index contributed by atoms with van der Waals surface area (Å²) >= 11 is 7.63. The Labute approximate surface area is 106 Å². The lowest BCUT2D eigenvalue weighted by Crippen LogP contribution is -2.27. The molecule has 0 bridgehead atoms. The number of aromatic nitrogens is 2. The van der Waals surface area contributed by atoms with Crippen LogP contribution >= 0.6 is 22.9 Å². The van der Waals surface area contributed by atoms with Crippen LogP contribution in [-0.2, 0) is 0 Å². The summed E-state index contributed by atoms with van der Waals surface area (Å²) in [6, 6.07) is 0. The van der Waals surface area contributed by atoms with Gasteiger partial charge in [-0.3, -0.25) is 0 Å². The first kappa shape index (κ1) is 12.1. The minimum atomic E-state index is 0.678. The van der Waals surface area contributed by atoms with Crippen LogP contribution in [0.15, 0.2) is 0 Å². The van der Waals surface area contributed by atoms with Crippen LogP contribution in [0, 0.1) is 18.8 Å². The standard InChI is InChI=1S/C11H18ClN3S/c1-8-14-15-11(16-8)13-7-10-5-3-2-4-9(10)6-12/h9-10H,2-7H2,1H3,(H,13,15). The van der Waals surface area contributed by atoms with Crippen LogP contribution in [0.25, 0.3) is 0 Å². The van der Waals surface area contributed by atoms with Crippen LogP contribution in [-0.4, -0.2) is 22.6 Å². The quantitative estimate of drug-likeness (QED) is 0.843. The highest BCUT2D eigenvalue weighted by atomic mass is 35.5. The summed E-state index contributed by atoms with van der Waals surface area (Å²) in [5.41, 5.74) is 0. The summed E-state index contributed by atoms with van der Waals surface area (Å²) in [6.07, 6.45) is 5.26. The minimum Gasteiger partial charge on any atom is -0.360 e. The van der Waals surface area contributed by atoms with Crippen LogP contribution in [0.2, 0.25) is 0 Å². The summed E-state index contributed by atoms with van der Waals surface area (Å²) in [5, 5.41) is 13.4. The second-order valence-corrected chi connectivity index (χ2v) is 5.96. The number of alkyl halides is 1. The smallest absolute Gasteiger partial charge is 0.205 e. The molecule has 1 saturated carbocycles. The van der Waals surface area contributed by atoms with E-state index in [0.29, 0.717) is 11.8 Å². The van der Waals surface area contributed by atoms with Crippen LogP contribution in [0.4, 0.5) is 5.13 Å². The van der Waals surface area contributed by atoms with Gasteiger partial charge in [0.15, 0.2) is 0 Å². The monoisotopic (exact) mass is 259 g/mol. The third kappa shape index (κ3) is 3.08. The van der Waals surface area contributed by atoms with Crippen molar-refractivity contribution >= 4 is 28.1 Å². The van der Waals surface area contributed by atoms with Crippen LogP contribution in [0.3, 0.4) is 0 Å². The van der Waals surface area contributed by atoms with E-state index in [0.717, 1.165) is 22.6 Å². The molecule has 1 fully saturated rings. The normalized spacial score (nSPS) is 25.6. The van der Waals surface area contributed by atoms with E-state index in [1.165, 1.54) is 25.7 Å². The lowest BCUT2D eigenvalue weighted by atomic mass is 9.80. The van der Waals surface area contributed by atoms with Crippen molar-refractivity contribution in [3.05, 3.63) is 5.01 Å². The second-order valence-electron chi connectivity index (χ2n) is 4.47. The molecule has 3 nitrogen and oxygen atoms in total. The molecule has 1 heterocycles. The molecule has 0 aromatic carbocycles. The Hall–Kier alpha value is -0.350. The van der Waals surface area contributed by atoms with Gasteiger partial charge in [-0.2, -0.15) is 0 Å². The fourth-order valence-electron chi connectivity index (χ4n) is 2.34. The molecular formula is C11H18ClN3S. The number of aryl methyl sites for hydroxylation is 1. The first-order valence-electron chi connectivity index (χ1n) is 5.89. The number of anilines is 1. The molecule has 1 aromatic heterocycles. The predicted molar refractivity (Wildman–Crippen MR) is 69.3 cm³/mol. The van der Waals surface area contributed by atoms with Gasteiger partial charge in [0.25, 0.3) is 0 Å². The number of hydrogen-bond donors (Lipinski definition) is 1. The topological polar surface area (TPSA) is 37.8 Å². The van der Waals surface area contributed by atoms with E-state index in [-0.39, 0.29) is 0 Å². The Morgan fingerprint density at radius 3 is 2.69 bits per heavy atom. The second kappa shape index (κ2) is 5.82. The van der Waals surface area contributed by atoms with E-state index in [1.54, 1.807) is 11.3 Å².